The average molecular weight is 177 g/mol. The van der Waals surface area contributed by atoms with Gasteiger partial charge in [-0.2, -0.15) is 0 Å². The number of rotatable bonds is 4. The second-order valence-corrected chi connectivity index (χ2v) is 3.42. The Morgan fingerprint density at radius 3 is 3.08 bits per heavy atom. The van der Waals surface area contributed by atoms with E-state index in [0.717, 1.165) is 26.1 Å². The third kappa shape index (κ3) is 2.50. The summed E-state index contributed by atoms with van der Waals surface area (Å²) in [7, 11) is 0. The first-order valence-electron chi connectivity index (χ1n) is 4.78. The molecule has 1 aliphatic heterocycles. The highest BCUT2D eigenvalue weighted by atomic mass is 15.1. The monoisotopic (exact) mass is 177 g/mol. The van der Waals surface area contributed by atoms with Gasteiger partial charge in [-0.15, -0.1) is 0 Å². The van der Waals surface area contributed by atoms with Crippen molar-refractivity contribution in [3.8, 4) is 0 Å². The van der Waals surface area contributed by atoms with Crippen molar-refractivity contribution in [2.45, 2.75) is 12.5 Å². The van der Waals surface area contributed by atoms with Crippen LogP contribution in [0.2, 0.25) is 0 Å². The zero-order chi connectivity index (χ0) is 8.93. The van der Waals surface area contributed by atoms with Crippen molar-refractivity contribution in [2.75, 3.05) is 19.6 Å². The molecule has 2 heterocycles. The average Bonchev–Trinajstić information content (AvgIpc) is 2.11. The highest BCUT2D eigenvalue weighted by Crippen LogP contribution is 1.97. The fourth-order valence-electron chi connectivity index (χ4n) is 1.40. The highest BCUT2D eigenvalue weighted by molar-refractivity contribution is 5.08. The van der Waals surface area contributed by atoms with Crippen molar-refractivity contribution in [3.05, 3.63) is 30.1 Å². The van der Waals surface area contributed by atoms with E-state index in [1.165, 1.54) is 5.56 Å². The first-order valence-corrected chi connectivity index (χ1v) is 4.78. The molecule has 0 radical (unpaired) electrons. The smallest absolute Gasteiger partial charge is 0.0317 e. The molecule has 1 saturated heterocycles. The largest absolute Gasteiger partial charge is 0.314 e. The molecule has 0 aliphatic carbocycles. The molecule has 3 heteroatoms. The molecular weight excluding hydrogens is 162 g/mol. The van der Waals surface area contributed by atoms with E-state index in [1.807, 2.05) is 18.5 Å². The summed E-state index contributed by atoms with van der Waals surface area (Å²) in [4.78, 5) is 4.08. The molecule has 13 heavy (non-hydrogen) atoms. The molecular formula is C10H15N3. The SMILES string of the molecule is c1cncc(CCNC2CNC2)c1. The van der Waals surface area contributed by atoms with Crippen molar-refractivity contribution in [2.24, 2.45) is 0 Å². The van der Waals surface area contributed by atoms with Gasteiger partial charge in [0.2, 0.25) is 0 Å². The van der Waals surface area contributed by atoms with Crippen molar-refractivity contribution in [1.82, 2.24) is 15.6 Å². The van der Waals surface area contributed by atoms with Crippen LogP contribution in [0, 0.1) is 0 Å². The minimum Gasteiger partial charge on any atom is -0.314 e. The van der Waals surface area contributed by atoms with Crippen LogP contribution in [0.1, 0.15) is 5.56 Å². The first-order chi connectivity index (χ1) is 6.45. The second kappa shape index (κ2) is 4.35. The Hall–Kier alpha value is -0.930. The van der Waals surface area contributed by atoms with E-state index in [0.29, 0.717) is 6.04 Å². The molecule has 2 rings (SSSR count). The molecule has 0 atom stereocenters. The molecule has 0 spiro atoms. The minimum absolute atomic E-state index is 0.691. The maximum Gasteiger partial charge on any atom is 0.0317 e. The quantitative estimate of drug-likeness (QED) is 0.689. The predicted molar refractivity (Wildman–Crippen MR) is 52.6 cm³/mol. The summed E-state index contributed by atoms with van der Waals surface area (Å²) < 4.78 is 0. The van der Waals surface area contributed by atoms with Crippen LogP contribution in [0.25, 0.3) is 0 Å². The molecule has 0 unspecified atom stereocenters. The Morgan fingerprint density at radius 1 is 1.54 bits per heavy atom. The minimum atomic E-state index is 0.691. The number of pyridine rings is 1. The number of nitrogens with one attached hydrogen (secondary N) is 2. The van der Waals surface area contributed by atoms with E-state index in [-0.39, 0.29) is 0 Å². The molecule has 1 aliphatic rings. The van der Waals surface area contributed by atoms with Gasteiger partial charge in [0.25, 0.3) is 0 Å². The van der Waals surface area contributed by atoms with Gasteiger partial charge in [-0.1, -0.05) is 6.07 Å². The lowest BCUT2D eigenvalue weighted by molar-refractivity contribution is 0.369. The first kappa shape index (κ1) is 8.66. The molecule has 70 valence electrons. The summed E-state index contributed by atoms with van der Waals surface area (Å²) in [6.45, 7) is 3.29. The van der Waals surface area contributed by atoms with E-state index in [2.05, 4.69) is 21.7 Å². The van der Waals surface area contributed by atoms with Gasteiger partial charge in [-0.05, 0) is 24.6 Å². The normalized spacial score (nSPS) is 16.9. The van der Waals surface area contributed by atoms with E-state index >= 15 is 0 Å². The van der Waals surface area contributed by atoms with Crippen LogP contribution in [0.5, 0.6) is 0 Å². The lowest BCUT2D eigenvalue weighted by atomic mass is 10.1. The zero-order valence-electron chi connectivity index (χ0n) is 7.66. The molecule has 0 bridgehead atoms. The highest BCUT2D eigenvalue weighted by Gasteiger charge is 2.14. The Morgan fingerprint density at radius 2 is 2.46 bits per heavy atom. The summed E-state index contributed by atoms with van der Waals surface area (Å²) in [6, 6.07) is 4.80. The van der Waals surface area contributed by atoms with Gasteiger partial charge in [0.15, 0.2) is 0 Å². The summed E-state index contributed by atoms with van der Waals surface area (Å²) in [5.41, 5.74) is 1.31. The van der Waals surface area contributed by atoms with Gasteiger partial charge in [0.05, 0.1) is 0 Å². The number of hydrogen-bond acceptors (Lipinski definition) is 3. The van der Waals surface area contributed by atoms with Gasteiger partial charge in [-0.25, -0.2) is 0 Å². The van der Waals surface area contributed by atoms with Gasteiger partial charge in [0.1, 0.15) is 0 Å². The van der Waals surface area contributed by atoms with Gasteiger partial charge in [-0.3, -0.25) is 4.98 Å². The van der Waals surface area contributed by atoms with Crippen LogP contribution >= 0.6 is 0 Å². The molecule has 1 aromatic rings. The van der Waals surface area contributed by atoms with Crippen molar-refractivity contribution >= 4 is 0 Å². The fraction of sp³-hybridized carbons (Fsp3) is 0.500. The third-order valence-electron chi connectivity index (χ3n) is 2.35. The van der Waals surface area contributed by atoms with Crippen molar-refractivity contribution in [3.63, 3.8) is 0 Å². The molecule has 0 aromatic carbocycles. The Kier molecular flexibility index (Phi) is 2.90. The fourth-order valence-corrected chi connectivity index (χ4v) is 1.40. The lowest BCUT2D eigenvalue weighted by Crippen LogP contribution is -2.55. The van der Waals surface area contributed by atoms with Gasteiger partial charge >= 0.3 is 0 Å². The predicted octanol–water partition coefficient (Wildman–Crippen LogP) is 0.185. The van der Waals surface area contributed by atoms with Crippen LogP contribution < -0.4 is 10.6 Å². The zero-order valence-corrected chi connectivity index (χ0v) is 7.66. The summed E-state index contributed by atoms with van der Waals surface area (Å²) in [6.07, 6.45) is 4.82. The summed E-state index contributed by atoms with van der Waals surface area (Å²) in [5.74, 6) is 0. The Bertz CT molecular complexity index is 244. The van der Waals surface area contributed by atoms with E-state index < -0.39 is 0 Å². The van der Waals surface area contributed by atoms with E-state index in [1.54, 1.807) is 0 Å². The molecule has 3 nitrogen and oxygen atoms in total. The lowest BCUT2D eigenvalue weighted by Gasteiger charge is -2.28. The van der Waals surface area contributed by atoms with Crippen LogP contribution in [-0.2, 0) is 6.42 Å². The third-order valence-corrected chi connectivity index (χ3v) is 2.35. The van der Waals surface area contributed by atoms with Crippen molar-refractivity contribution in [1.29, 1.82) is 0 Å². The summed E-state index contributed by atoms with van der Waals surface area (Å²) in [5, 5.41) is 6.71. The van der Waals surface area contributed by atoms with E-state index in [4.69, 9.17) is 0 Å². The molecule has 0 amide bonds. The standard InChI is InChI=1S/C10H15N3/c1-2-9(6-11-4-1)3-5-13-10-7-12-8-10/h1-2,4,6,10,12-13H,3,5,7-8H2. The maximum atomic E-state index is 4.08. The second-order valence-electron chi connectivity index (χ2n) is 3.42. The van der Waals surface area contributed by atoms with Gasteiger partial charge < -0.3 is 10.6 Å². The van der Waals surface area contributed by atoms with E-state index in [9.17, 15) is 0 Å². The number of hydrogen-bond donors (Lipinski definition) is 2. The van der Waals surface area contributed by atoms with Crippen LogP contribution in [0.15, 0.2) is 24.5 Å². The molecule has 1 aromatic heterocycles. The van der Waals surface area contributed by atoms with Crippen molar-refractivity contribution < 1.29 is 0 Å². The van der Waals surface area contributed by atoms with Crippen LogP contribution in [0.3, 0.4) is 0 Å². The number of nitrogens with zero attached hydrogens (tertiary/aromatic N) is 1. The maximum absolute atomic E-state index is 4.08. The topological polar surface area (TPSA) is 37.0 Å². The van der Waals surface area contributed by atoms with Crippen LogP contribution in [-0.4, -0.2) is 30.7 Å². The Labute approximate surface area is 78.6 Å². The van der Waals surface area contributed by atoms with Crippen LogP contribution in [0.4, 0.5) is 0 Å². The molecule has 0 saturated carbocycles. The number of aromatic nitrogens is 1. The van der Waals surface area contributed by atoms with Gasteiger partial charge in [0, 0.05) is 31.5 Å². The summed E-state index contributed by atoms with van der Waals surface area (Å²) >= 11 is 0. The molecule has 1 fully saturated rings. The molecule has 2 N–H and O–H groups in total. The Balaban J connectivity index is 1.67.